The quantitative estimate of drug-likeness (QED) is 0.791. The summed E-state index contributed by atoms with van der Waals surface area (Å²) < 4.78 is 13.2. The summed E-state index contributed by atoms with van der Waals surface area (Å²) in [5.41, 5.74) is 2.73. The van der Waals surface area contributed by atoms with Gasteiger partial charge in [-0.15, -0.1) is 0 Å². The third-order valence-corrected chi connectivity index (χ3v) is 4.03. The van der Waals surface area contributed by atoms with Crippen LogP contribution in [0, 0.1) is 12.9 Å². The minimum atomic E-state index is -0.618. The Labute approximate surface area is 123 Å². The van der Waals surface area contributed by atoms with Gasteiger partial charge in [-0.25, -0.2) is 4.98 Å². The fraction of sp³-hybridized carbons (Fsp3) is 0.294. The molecule has 1 fully saturated rings. The fourth-order valence-electron chi connectivity index (χ4n) is 3.00. The molecule has 0 N–H and O–H groups in total. The molecule has 0 aliphatic carbocycles. The Balaban J connectivity index is 1.91. The molecule has 3 rings (SSSR count). The Bertz CT molecular complexity index is 671. The van der Waals surface area contributed by atoms with Crippen LogP contribution in [0.2, 0.25) is 0 Å². The highest BCUT2D eigenvalue weighted by atomic mass is 19.1. The summed E-state index contributed by atoms with van der Waals surface area (Å²) in [6.45, 7) is 2.77. The van der Waals surface area contributed by atoms with Crippen LogP contribution in [0.1, 0.15) is 40.4 Å². The van der Waals surface area contributed by atoms with Gasteiger partial charge >= 0.3 is 0 Å². The van der Waals surface area contributed by atoms with Crippen LogP contribution in [0.15, 0.2) is 42.6 Å². The molecule has 2 aromatic rings. The van der Waals surface area contributed by atoms with Crippen molar-refractivity contribution in [1.29, 1.82) is 0 Å². The van der Waals surface area contributed by atoms with Crippen LogP contribution in [0.3, 0.4) is 0 Å². The highest BCUT2D eigenvalue weighted by molar-refractivity contribution is 5.94. The molecule has 1 saturated heterocycles. The number of likely N-dealkylation sites (tertiary alicyclic amines) is 1. The van der Waals surface area contributed by atoms with Crippen LogP contribution in [0.5, 0.6) is 0 Å². The first kappa shape index (κ1) is 13.7. The molecule has 0 saturated carbocycles. The number of amides is 1. The standard InChI is InChI=1S/C17H17FN2O/c1-12-5-2-3-6-14(12)15-7-4-10-20(15)17(21)13-8-9-19-16(18)11-13/h2-3,5-6,8-9,11,15H,4,7,10H2,1H3. The summed E-state index contributed by atoms with van der Waals surface area (Å²) in [5, 5.41) is 0. The van der Waals surface area contributed by atoms with E-state index in [0.717, 1.165) is 12.8 Å². The molecule has 0 bridgehead atoms. The van der Waals surface area contributed by atoms with Crippen LogP contribution < -0.4 is 0 Å². The minimum Gasteiger partial charge on any atom is -0.332 e. The van der Waals surface area contributed by atoms with Crippen molar-refractivity contribution in [3.8, 4) is 0 Å². The average Bonchev–Trinajstić information content (AvgIpc) is 2.96. The first-order chi connectivity index (χ1) is 10.2. The van der Waals surface area contributed by atoms with E-state index in [1.807, 2.05) is 17.0 Å². The lowest BCUT2D eigenvalue weighted by Gasteiger charge is -2.26. The maximum absolute atomic E-state index is 13.2. The molecule has 3 nitrogen and oxygen atoms in total. The van der Waals surface area contributed by atoms with E-state index in [9.17, 15) is 9.18 Å². The maximum atomic E-state index is 13.2. The molecule has 21 heavy (non-hydrogen) atoms. The van der Waals surface area contributed by atoms with Crippen molar-refractivity contribution in [2.45, 2.75) is 25.8 Å². The SMILES string of the molecule is Cc1ccccc1C1CCCN1C(=O)c1ccnc(F)c1. The molecule has 4 heteroatoms. The lowest BCUT2D eigenvalue weighted by atomic mass is 9.99. The van der Waals surface area contributed by atoms with Gasteiger partial charge in [0.05, 0.1) is 6.04 Å². The van der Waals surface area contributed by atoms with Crippen molar-refractivity contribution < 1.29 is 9.18 Å². The number of rotatable bonds is 2. The van der Waals surface area contributed by atoms with E-state index in [1.54, 1.807) is 6.07 Å². The number of hydrogen-bond donors (Lipinski definition) is 0. The van der Waals surface area contributed by atoms with Crippen LogP contribution in [-0.2, 0) is 0 Å². The lowest BCUT2D eigenvalue weighted by molar-refractivity contribution is 0.0734. The Morgan fingerprint density at radius 3 is 2.90 bits per heavy atom. The van der Waals surface area contributed by atoms with Crippen LogP contribution in [-0.4, -0.2) is 22.3 Å². The minimum absolute atomic E-state index is 0.0786. The second kappa shape index (κ2) is 5.64. The normalized spacial score (nSPS) is 18.0. The van der Waals surface area contributed by atoms with E-state index in [-0.39, 0.29) is 11.9 Å². The molecule has 1 amide bonds. The summed E-state index contributed by atoms with van der Waals surface area (Å²) in [5.74, 6) is -0.741. The Morgan fingerprint density at radius 2 is 2.14 bits per heavy atom. The number of carbonyl (C=O) groups is 1. The third-order valence-electron chi connectivity index (χ3n) is 4.03. The van der Waals surface area contributed by atoms with E-state index in [1.165, 1.54) is 23.4 Å². The monoisotopic (exact) mass is 284 g/mol. The number of halogens is 1. The van der Waals surface area contributed by atoms with Crippen molar-refractivity contribution in [2.75, 3.05) is 6.54 Å². The van der Waals surface area contributed by atoms with E-state index < -0.39 is 5.95 Å². The molecule has 0 spiro atoms. The Kier molecular flexibility index (Phi) is 3.69. The number of pyridine rings is 1. The third kappa shape index (κ3) is 2.66. The lowest BCUT2D eigenvalue weighted by Crippen LogP contribution is -2.31. The Morgan fingerprint density at radius 1 is 1.33 bits per heavy atom. The van der Waals surface area contributed by atoms with Gasteiger partial charge in [0.1, 0.15) is 0 Å². The highest BCUT2D eigenvalue weighted by Crippen LogP contribution is 2.34. The van der Waals surface area contributed by atoms with E-state index >= 15 is 0 Å². The zero-order valence-corrected chi connectivity index (χ0v) is 11.9. The van der Waals surface area contributed by atoms with E-state index in [4.69, 9.17) is 0 Å². The van der Waals surface area contributed by atoms with Gasteiger partial charge in [-0.1, -0.05) is 24.3 Å². The smallest absolute Gasteiger partial charge is 0.254 e. The van der Waals surface area contributed by atoms with Crippen molar-refractivity contribution in [3.05, 3.63) is 65.2 Å². The van der Waals surface area contributed by atoms with Gasteiger partial charge in [0.15, 0.2) is 0 Å². The van der Waals surface area contributed by atoms with Crippen LogP contribution in [0.25, 0.3) is 0 Å². The van der Waals surface area contributed by atoms with Crippen molar-refractivity contribution in [3.63, 3.8) is 0 Å². The van der Waals surface area contributed by atoms with E-state index in [2.05, 4.69) is 24.0 Å². The number of carbonyl (C=O) groups excluding carboxylic acids is 1. The van der Waals surface area contributed by atoms with Gasteiger partial charge in [-0.05, 0) is 37.0 Å². The Hall–Kier alpha value is -2.23. The molecule has 1 atom stereocenters. The zero-order chi connectivity index (χ0) is 14.8. The predicted molar refractivity (Wildman–Crippen MR) is 78.4 cm³/mol. The van der Waals surface area contributed by atoms with Gasteiger partial charge in [0, 0.05) is 24.4 Å². The largest absolute Gasteiger partial charge is 0.332 e. The summed E-state index contributed by atoms with van der Waals surface area (Å²) >= 11 is 0. The number of aromatic nitrogens is 1. The second-order valence-electron chi connectivity index (χ2n) is 5.38. The molecule has 1 aromatic heterocycles. The molecule has 108 valence electrons. The zero-order valence-electron chi connectivity index (χ0n) is 11.9. The molecular formula is C17H17FN2O. The maximum Gasteiger partial charge on any atom is 0.254 e. The highest BCUT2D eigenvalue weighted by Gasteiger charge is 2.31. The molecule has 2 heterocycles. The molecule has 1 aliphatic rings. The molecule has 0 radical (unpaired) electrons. The molecule has 1 aliphatic heterocycles. The summed E-state index contributed by atoms with van der Waals surface area (Å²) in [4.78, 5) is 18.0. The molecular weight excluding hydrogens is 267 g/mol. The number of nitrogens with zero attached hydrogens (tertiary/aromatic N) is 2. The van der Waals surface area contributed by atoms with Crippen molar-refractivity contribution in [1.82, 2.24) is 9.88 Å². The van der Waals surface area contributed by atoms with Crippen LogP contribution in [0.4, 0.5) is 4.39 Å². The summed E-state index contributed by atoms with van der Waals surface area (Å²) in [7, 11) is 0. The van der Waals surface area contributed by atoms with Gasteiger partial charge < -0.3 is 4.90 Å². The van der Waals surface area contributed by atoms with Gasteiger partial charge in [-0.2, -0.15) is 4.39 Å². The van der Waals surface area contributed by atoms with Gasteiger partial charge in [-0.3, -0.25) is 4.79 Å². The second-order valence-corrected chi connectivity index (χ2v) is 5.38. The van der Waals surface area contributed by atoms with Gasteiger partial charge in [0.2, 0.25) is 5.95 Å². The predicted octanol–water partition coefficient (Wildman–Crippen LogP) is 3.51. The number of hydrogen-bond acceptors (Lipinski definition) is 2. The molecule has 1 aromatic carbocycles. The first-order valence-corrected chi connectivity index (χ1v) is 7.15. The molecule has 1 unspecified atom stereocenters. The number of aryl methyl sites for hydroxylation is 1. The topological polar surface area (TPSA) is 33.2 Å². The summed E-state index contributed by atoms with van der Waals surface area (Å²) in [6, 6.07) is 11.0. The summed E-state index contributed by atoms with van der Waals surface area (Å²) in [6.07, 6.45) is 3.25. The number of benzene rings is 1. The van der Waals surface area contributed by atoms with Crippen LogP contribution >= 0.6 is 0 Å². The van der Waals surface area contributed by atoms with Crippen molar-refractivity contribution >= 4 is 5.91 Å². The first-order valence-electron chi connectivity index (χ1n) is 7.15. The average molecular weight is 284 g/mol. The van der Waals surface area contributed by atoms with Crippen molar-refractivity contribution in [2.24, 2.45) is 0 Å². The fourth-order valence-corrected chi connectivity index (χ4v) is 3.00. The van der Waals surface area contributed by atoms with E-state index in [0.29, 0.717) is 12.1 Å². The van der Waals surface area contributed by atoms with Gasteiger partial charge in [0.25, 0.3) is 5.91 Å².